The number of nitrogens with zero attached hydrogens (tertiary/aromatic N) is 2. The minimum absolute atomic E-state index is 0.0986. The topological polar surface area (TPSA) is 61.9 Å². The van der Waals surface area contributed by atoms with Crippen molar-refractivity contribution in [3.8, 4) is 0 Å². The maximum atomic E-state index is 13.1. The van der Waals surface area contributed by atoms with Crippen LogP contribution in [0.5, 0.6) is 0 Å². The van der Waals surface area contributed by atoms with Crippen molar-refractivity contribution in [2.75, 3.05) is 31.1 Å². The summed E-state index contributed by atoms with van der Waals surface area (Å²) in [5.41, 5.74) is 0.613. The minimum atomic E-state index is -4.40. The molecule has 3 rings (SSSR count). The van der Waals surface area contributed by atoms with Crippen molar-refractivity contribution in [2.45, 2.75) is 32.7 Å². The van der Waals surface area contributed by atoms with Crippen LogP contribution in [0.1, 0.15) is 25.0 Å². The van der Waals surface area contributed by atoms with E-state index in [1.54, 1.807) is 11.0 Å². The molecule has 0 spiro atoms. The van der Waals surface area contributed by atoms with E-state index in [1.165, 1.54) is 6.07 Å². The lowest BCUT2D eigenvalue weighted by atomic mass is 10.0. The van der Waals surface area contributed by atoms with E-state index in [1.807, 2.05) is 49.1 Å². The molecule has 0 radical (unpaired) electrons. The molecular formula is C24H28F3N3O3. The van der Waals surface area contributed by atoms with Crippen molar-refractivity contribution in [3.05, 3.63) is 65.7 Å². The second-order valence-electron chi connectivity index (χ2n) is 8.29. The quantitative estimate of drug-likeness (QED) is 0.694. The van der Waals surface area contributed by atoms with Gasteiger partial charge in [0.2, 0.25) is 5.91 Å². The molecule has 1 saturated heterocycles. The fraction of sp³-hybridized carbons (Fsp3) is 0.417. The molecule has 0 aliphatic carbocycles. The van der Waals surface area contributed by atoms with E-state index in [0.717, 1.165) is 17.7 Å². The summed E-state index contributed by atoms with van der Waals surface area (Å²) in [7, 11) is 0. The van der Waals surface area contributed by atoms with Gasteiger partial charge in [-0.15, -0.1) is 0 Å². The van der Waals surface area contributed by atoms with Gasteiger partial charge < -0.3 is 19.9 Å². The zero-order valence-corrected chi connectivity index (χ0v) is 18.6. The molecule has 1 N–H and O–H groups in total. The average molecular weight is 464 g/mol. The van der Waals surface area contributed by atoms with Crippen molar-refractivity contribution < 1.29 is 27.5 Å². The second kappa shape index (κ2) is 10.6. The predicted octanol–water partition coefficient (Wildman–Crippen LogP) is 4.31. The molecule has 1 aliphatic heterocycles. The van der Waals surface area contributed by atoms with Gasteiger partial charge in [0, 0.05) is 31.9 Å². The van der Waals surface area contributed by atoms with Gasteiger partial charge >= 0.3 is 12.3 Å². The lowest BCUT2D eigenvalue weighted by Gasteiger charge is -2.38. The van der Waals surface area contributed by atoms with E-state index in [4.69, 9.17) is 4.74 Å². The van der Waals surface area contributed by atoms with Crippen LogP contribution in [0.15, 0.2) is 54.6 Å². The third-order valence-electron chi connectivity index (χ3n) is 5.55. The molecule has 0 bridgehead atoms. The fourth-order valence-electron chi connectivity index (χ4n) is 3.67. The number of carbonyl (C=O) groups excluding carboxylic acids is 2. The van der Waals surface area contributed by atoms with Gasteiger partial charge in [0.1, 0.15) is 12.6 Å². The Morgan fingerprint density at radius 3 is 2.27 bits per heavy atom. The summed E-state index contributed by atoms with van der Waals surface area (Å²) in [6.45, 7) is 5.25. The summed E-state index contributed by atoms with van der Waals surface area (Å²) < 4.78 is 44.3. The molecule has 1 fully saturated rings. The molecule has 2 aromatic rings. The van der Waals surface area contributed by atoms with E-state index in [2.05, 4.69) is 5.32 Å². The molecule has 0 unspecified atom stereocenters. The first-order chi connectivity index (χ1) is 15.6. The lowest BCUT2D eigenvalue weighted by molar-refractivity contribution is -0.137. The van der Waals surface area contributed by atoms with Gasteiger partial charge in [-0.3, -0.25) is 4.79 Å². The number of nitrogens with one attached hydrogen (secondary N) is 1. The Bertz CT molecular complexity index is 943. The number of anilines is 1. The summed E-state index contributed by atoms with van der Waals surface area (Å²) in [6, 6.07) is 13.6. The molecule has 0 aromatic heterocycles. The summed E-state index contributed by atoms with van der Waals surface area (Å²) in [6.07, 6.45) is -5.08. The maximum Gasteiger partial charge on any atom is 0.416 e. The van der Waals surface area contributed by atoms with Gasteiger partial charge in [-0.1, -0.05) is 50.2 Å². The Morgan fingerprint density at radius 2 is 1.67 bits per heavy atom. The normalized spacial score (nSPS) is 15.3. The first-order valence-corrected chi connectivity index (χ1v) is 10.8. The van der Waals surface area contributed by atoms with Crippen LogP contribution in [0, 0.1) is 5.92 Å². The molecule has 0 saturated carbocycles. The SMILES string of the molecule is CC(C)[C@H](NC(=O)OCc1ccccc1)C(=O)N1CCN(c2cccc(C(F)(F)F)c2)CC1. The lowest BCUT2D eigenvalue weighted by Crippen LogP contribution is -2.56. The van der Waals surface area contributed by atoms with Crippen LogP contribution in [-0.4, -0.2) is 49.1 Å². The number of hydrogen-bond acceptors (Lipinski definition) is 4. The van der Waals surface area contributed by atoms with Crippen molar-refractivity contribution in [2.24, 2.45) is 5.92 Å². The molecule has 9 heteroatoms. The Kier molecular flexibility index (Phi) is 7.84. The first kappa shape index (κ1) is 24.4. The Hall–Kier alpha value is -3.23. The highest BCUT2D eigenvalue weighted by Gasteiger charge is 2.33. The maximum absolute atomic E-state index is 13.1. The van der Waals surface area contributed by atoms with Gasteiger partial charge in [-0.25, -0.2) is 4.79 Å². The molecule has 33 heavy (non-hydrogen) atoms. The number of amides is 2. The van der Waals surface area contributed by atoms with Crippen molar-refractivity contribution in [1.82, 2.24) is 10.2 Å². The highest BCUT2D eigenvalue weighted by atomic mass is 19.4. The van der Waals surface area contributed by atoms with Crippen LogP contribution < -0.4 is 10.2 Å². The van der Waals surface area contributed by atoms with Gasteiger partial charge in [-0.2, -0.15) is 13.2 Å². The van der Waals surface area contributed by atoms with Crippen LogP contribution in [0.25, 0.3) is 0 Å². The minimum Gasteiger partial charge on any atom is -0.445 e. The van der Waals surface area contributed by atoms with Crippen LogP contribution in [0.4, 0.5) is 23.7 Å². The summed E-state index contributed by atoms with van der Waals surface area (Å²) in [5.74, 6) is -0.395. The molecule has 1 heterocycles. The number of carbonyl (C=O) groups is 2. The van der Waals surface area contributed by atoms with Crippen LogP contribution >= 0.6 is 0 Å². The van der Waals surface area contributed by atoms with Crippen molar-refractivity contribution in [3.63, 3.8) is 0 Å². The summed E-state index contributed by atoms with van der Waals surface area (Å²) in [4.78, 5) is 28.8. The van der Waals surface area contributed by atoms with Gasteiger partial charge in [0.25, 0.3) is 0 Å². The second-order valence-corrected chi connectivity index (χ2v) is 8.29. The number of benzene rings is 2. The van der Waals surface area contributed by atoms with Gasteiger partial charge in [0.15, 0.2) is 0 Å². The van der Waals surface area contributed by atoms with E-state index in [9.17, 15) is 22.8 Å². The third kappa shape index (κ3) is 6.63. The molecule has 2 aromatic carbocycles. The molecule has 1 aliphatic rings. The van der Waals surface area contributed by atoms with Gasteiger partial charge in [0.05, 0.1) is 5.56 Å². The van der Waals surface area contributed by atoms with Crippen LogP contribution in [0.2, 0.25) is 0 Å². The molecular weight excluding hydrogens is 435 g/mol. The zero-order chi connectivity index (χ0) is 24.0. The van der Waals surface area contributed by atoms with Crippen molar-refractivity contribution in [1.29, 1.82) is 0 Å². The Labute approximate surface area is 191 Å². The van der Waals surface area contributed by atoms with Crippen LogP contribution in [-0.2, 0) is 22.3 Å². The number of alkyl halides is 3. The van der Waals surface area contributed by atoms with E-state index >= 15 is 0 Å². The average Bonchev–Trinajstić information content (AvgIpc) is 2.81. The molecule has 6 nitrogen and oxygen atoms in total. The van der Waals surface area contributed by atoms with Crippen molar-refractivity contribution >= 4 is 17.7 Å². The number of alkyl carbamates (subject to hydrolysis) is 1. The molecule has 1 atom stereocenters. The van der Waals surface area contributed by atoms with E-state index < -0.39 is 23.9 Å². The van der Waals surface area contributed by atoms with E-state index in [-0.39, 0.29) is 18.4 Å². The third-order valence-corrected chi connectivity index (χ3v) is 5.55. The van der Waals surface area contributed by atoms with Crippen LogP contribution in [0.3, 0.4) is 0 Å². The number of ether oxygens (including phenoxy) is 1. The highest BCUT2D eigenvalue weighted by Crippen LogP contribution is 2.32. The zero-order valence-electron chi connectivity index (χ0n) is 18.6. The monoisotopic (exact) mass is 463 g/mol. The molecule has 178 valence electrons. The number of halogens is 3. The fourth-order valence-corrected chi connectivity index (χ4v) is 3.67. The number of hydrogen-bond donors (Lipinski definition) is 1. The molecule has 2 amide bonds. The first-order valence-electron chi connectivity index (χ1n) is 10.8. The Balaban J connectivity index is 1.55. The largest absolute Gasteiger partial charge is 0.445 e. The summed E-state index contributed by atoms with van der Waals surface area (Å²) >= 11 is 0. The predicted molar refractivity (Wildman–Crippen MR) is 119 cm³/mol. The summed E-state index contributed by atoms with van der Waals surface area (Å²) in [5, 5.41) is 2.66. The number of piperazine rings is 1. The van der Waals surface area contributed by atoms with Gasteiger partial charge in [-0.05, 0) is 29.7 Å². The Morgan fingerprint density at radius 1 is 1.00 bits per heavy atom. The van der Waals surface area contributed by atoms with E-state index in [0.29, 0.717) is 31.9 Å². The smallest absolute Gasteiger partial charge is 0.416 e. The number of rotatable bonds is 6. The highest BCUT2D eigenvalue weighted by molar-refractivity contribution is 5.86. The standard InChI is InChI=1S/C24H28F3N3O3/c1-17(2)21(28-23(32)33-16-18-7-4-3-5-8-18)22(31)30-13-11-29(12-14-30)20-10-6-9-19(15-20)24(25,26)27/h3-10,15,17,21H,11-14,16H2,1-2H3,(H,28,32)/t21-/m0/s1.